The van der Waals surface area contributed by atoms with Crippen LogP contribution in [0.1, 0.15) is 21.5 Å². The molecule has 0 saturated carbocycles. The Balaban J connectivity index is 1.64. The molecule has 3 aromatic rings. The number of rotatable bonds is 6. The van der Waals surface area contributed by atoms with Crippen LogP contribution in [0.4, 0.5) is 11.4 Å². The van der Waals surface area contributed by atoms with Gasteiger partial charge < -0.3 is 20.5 Å². The summed E-state index contributed by atoms with van der Waals surface area (Å²) in [5.74, 6) is -2.10. The van der Waals surface area contributed by atoms with E-state index in [1.807, 2.05) is 19.1 Å². The minimum absolute atomic E-state index is 0.0771. The van der Waals surface area contributed by atoms with E-state index in [1.54, 1.807) is 30.3 Å². The first-order chi connectivity index (χ1) is 15.9. The van der Waals surface area contributed by atoms with Gasteiger partial charge in [0, 0.05) is 11.3 Å². The topological polar surface area (TPSA) is 129 Å². The molecule has 0 aliphatic rings. The molecule has 0 heterocycles. The average molecular weight is 446 g/mol. The number of ether oxygens (including phenoxy) is 1. The van der Waals surface area contributed by atoms with Crippen LogP contribution in [0.5, 0.6) is 11.5 Å². The molecule has 9 heteroatoms. The SMILES string of the molecule is COc1ccc(O)c(/C=N\NC(=O)C(=O)Nc2ccccc2C(=O)Nc2ccc(C)cc2)c1. The molecule has 168 valence electrons. The van der Waals surface area contributed by atoms with Gasteiger partial charge in [0.15, 0.2) is 0 Å². The van der Waals surface area contributed by atoms with Gasteiger partial charge in [-0.05, 0) is 49.4 Å². The summed E-state index contributed by atoms with van der Waals surface area (Å²) in [6.45, 7) is 1.94. The van der Waals surface area contributed by atoms with Crippen LogP contribution in [0.3, 0.4) is 0 Å². The highest BCUT2D eigenvalue weighted by molar-refractivity contribution is 6.40. The number of anilines is 2. The van der Waals surface area contributed by atoms with E-state index in [4.69, 9.17) is 4.74 Å². The molecule has 0 aliphatic heterocycles. The zero-order chi connectivity index (χ0) is 23.8. The molecule has 0 radical (unpaired) electrons. The van der Waals surface area contributed by atoms with E-state index >= 15 is 0 Å². The molecule has 0 saturated heterocycles. The Labute approximate surface area is 190 Å². The molecule has 0 bridgehead atoms. The van der Waals surface area contributed by atoms with E-state index in [0.717, 1.165) is 5.56 Å². The molecule has 0 atom stereocenters. The highest BCUT2D eigenvalue weighted by atomic mass is 16.5. The largest absolute Gasteiger partial charge is 0.507 e. The lowest BCUT2D eigenvalue weighted by atomic mass is 10.1. The number of benzene rings is 3. The zero-order valence-corrected chi connectivity index (χ0v) is 18.0. The number of carbonyl (C=O) groups excluding carboxylic acids is 3. The van der Waals surface area contributed by atoms with Crippen molar-refractivity contribution in [1.29, 1.82) is 0 Å². The second kappa shape index (κ2) is 10.6. The molecular formula is C24H22N4O5. The Morgan fingerprint density at radius 3 is 2.39 bits per heavy atom. The summed E-state index contributed by atoms with van der Waals surface area (Å²) >= 11 is 0. The molecule has 3 aromatic carbocycles. The number of amides is 3. The van der Waals surface area contributed by atoms with Crippen molar-refractivity contribution in [2.24, 2.45) is 5.10 Å². The fraction of sp³-hybridized carbons (Fsp3) is 0.0833. The maximum atomic E-state index is 12.7. The van der Waals surface area contributed by atoms with Crippen molar-refractivity contribution in [1.82, 2.24) is 5.43 Å². The quantitative estimate of drug-likeness (QED) is 0.263. The van der Waals surface area contributed by atoms with Gasteiger partial charge in [-0.15, -0.1) is 0 Å². The number of nitrogens with one attached hydrogen (secondary N) is 3. The van der Waals surface area contributed by atoms with Crippen molar-refractivity contribution in [2.45, 2.75) is 6.92 Å². The molecule has 0 unspecified atom stereocenters. The van der Waals surface area contributed by atoms with Gasteiger partial charge >= 0.3 is 11.8 Å². The highest BCUT2D eigenvalue weighted by Crippen LogP contribution is 2.21. The number of nitrogens with zero attached hydrogens (tertiary/aromatic N) is 1. The standard InChI is InChI=1S/C24H22N4O5/c1-15-7-9-17(10-8-15)26-22(30)19-5-3-4-6-20(19)27-23(31)24(32)28-25-14-16-13-18(33-2)11-12-21(16)29/h3-14,29H,1-2H3,(H,26,30)(H,27,31)(H,28,32)/b25-14-. The fourth-order valence-corrected chi connectivity index (χ4v) is 2.78. The monoisotopic (exact) mass is 446 g/mol. The normalized spacial score (nSPS) is 10.5. The van der Waals surface area contributed by atoms with E-state index in [9.17, 15) is 19.5 Å². The van der Waals surface area contributed by atoms with Gasteiger partial charge in [-0.2, -0.15) is 5.10 Å². The maximum absolute atomic E-state index is 12.7. The second-order valence-electron chi connectivity index (χ2n) is 6.94. The molecular weight excluding hydrogens is 424 g/mol. The number of phenolic OH excluding ortho intramolecular Hbond substituents is 1. The minimum Gasteiger partial charge on any atom is -0.507 e. The first-order valence-corrected chi connectivity index (χ1v) is 9.86. The third-order valence-electron chi connectivity index (χ3n) is 4.54. The summed E-state index contributed by atoms with van der Waals surface area (Å²) < 4.78 is 5.06. The van der Waals surface area contributed by atoms with Gasteiger partial charge in [0.2, 0.25) is 0 Å². The van der Waals surface area contributed by atoms with Crippen molar-refractivity contribution >= 4 is 35.3 Å². The zero-order valence-electron chi connectivity index (χ0n) is 18.0. The molecule has 33 heavy (non-hydrogen) atoms. The number of carbonyl (C=O) groups is 3. The van der Waals surface area contributed by atoms with E-state index in [0.29, 0.717) is 11.4 Å². The highest BCUT2D eigenvalue weighted by Gasteiger charge is 2.18. The Morgan fingerprint density at radius 1 is 0.939 bits per heavy atom. The number of aryl methyl sites for hydroxylation is 1. The van der Waals surface area contributed by atoms with Crippen LogP contribution in [0, 0.1) is 6.92 Å². The smallest absolute Gasteiger partial charge is 0.329 e. The second-order valence-corrected chi connectivity index (χ2v) is 6.94. The Kier molecular flexibility index (Phi) is 7.38. The third-order valence-corrected chi connectivity index (χ3v) is 4.54. The van der Waals surface area contributed by atoms with Gasteiger partial charge in [0.1, 0.15) is 11.5 Å². The van der Waals surface area contributed by atoms with Gasteiger partial charge in [-0.25, -0.2) is 5.43 Å². The molecule has 4 N–H and O–H groups in total. The lowest BCUT2D eigenvalue weighted by Crippen LogP contribution is -2.33. The summed E-state index contributed by atoms with van der Waals surface area (Å²) in [6, 6.07) is 18.0. The predicted molar refractivity (Wildman–Crippen MR) is 125 cm³/mol. The van der Waals surface area contributed by atoms with Crippen LogP contribution in [-0.2, 0) is 9.59 Å². The van der Waals surface area contributed by atoms with Crippen molar-refractivity contribution in [2.75, 3.05) is 17.7 Å². The predicted octanol–water partition coefficient (Wildman–Crippen LogP) is 3.05. The van der Waals surface area contributed by atoms with Crippen LogP contribution in [0.2, 0.25) is 0 Å². The van der Waals surface area contributed by atoms with Gasteiger partial charge in [0.25, 0.3) is 5.91 Å². The van der Waals surface area contributed by atoms with Crippen LogP contribution < -0.4 is 20.8 Å². The summed E-state index contributed by atoms with van der Waals surface area (Å²) in [4.78, 5) is 37.1. The minimum atomic E-state index is -1.05. The number of methoxy groups -OCH3 is 1. The first kappa shape index (κ1) is 23.0. The van der Waals surface area contributed by atoms with Crippen LogP contribution in [0.25, 0.3) is 0 Å². The molecule has 9 nitrogen and oxygen atoms in total. The number of hydrogen-bond acceptors (Lipinski definition) is 6. The van der Waals surface area contributed by atoms with Crippen LogP contribution in [0.15, 0.2) is 71.8 Å². The summed E-state index contributed by atoms with van der Waals surface area (Å²) in [7, 11) is 1.47. The Bertz CT molecular complexity index is 1210. The first-order valence-electron chi connectivity index (χ1n) is 9.86. The lowest BCUT2D eigenvalue weighted by Gasteiger charge is -2.11. The molecule has 0 fully saturated rings. The van der Waals surface area contributed by atoms with E-state index in [1.165, 1.54) is 37.6 Å². The van der Waals surface area contributed by atoms with Gasteiger partial charge in [0.05, 0.1) is 24.6 Å². The molecule has 0 aromatic heterocycles. The Morgan fingerprint density at radius 2 is 1.67 bits per heavy atom. The van der Waals surface area contributed by atoms with Gasteiger partial charge in [-0.1, -0.05) is 29.8 Å². The van der Waals surface area contributed by atoms with Crippen LogP contribution >= 0.6 is 0 Å². The van der Waals surface area contributed by atoms with Crippen molar-refractivity contribution in [3.05, 3.63) is 83.4 Å². The number of para-hydroxylation sites is 1. The maximum Gasteiger partial charge on any atom is 0.329 e. The van der Waals surface area contributed by atoms with E-state index in [2.05, 4.69) is 21.2 Å². The van der Waals surface area contributed by atoms with Gasteiger partial charge in [-0.3, -0.25) is 14.4 Å². The summed E-state index contributed by atoms with van der Waals surface area (Å²) in [5.41, 5.74) is 4.36. The average Bonchev–Trinajstić information content (AvgIpc) is 2.82. The molecule has 0 spiro atoms. The number of aromatic hydroxyl groups is 1. The molecule has 3 amide bonds. The number of hydrazone groups is 1. The van der Waals surface area contributed by atoms with E-state index < -0.39 is 17.7 Å². The van der Waals surface area contributed by atoms with Crippen LogP contribution in [-0.4, -0.2) is 36.2 Å². The summed E-state index contributed by atoms with van der Waals surface area (Å²) in [6.07, 6.45) is 1.17. The Hall–Kier alpha value is -4.66. The van der Waals surface area contributed by atoms with E-state index in [-0.39, 0.29) is 22.6 Å². The summed E-state index contributed by atoms with van der Waals surface area (Å²) in [5, 5.41) is 18.7. The molecule has 3 rings (SSSR count). The number of phenols is 1. The third kappa shape index (κ3) is 6.17. The number of hydrogen-bond donors (Lipinski definition) is 4. The molecule has 0 aliphatic carbocycles. The van der Waals surface area contributed by atoms with Crippen molar-refractivity contribution in [3.63, 3.8) is 0 Å². The fourth-order valence-electron chi connectivity index (χ4n) is 2.78. The van der Waals surface area contributed by atoms with Crippen molar-refractivity contribution < 1.29 is 24.2 Å². The van der Waals surface area contributed by atoms with Crippen molar-refractivity contribution in [3.8, 4) is 11.5 Å². The lowest BCUT2D eigenvalue weighted by molar-refractivity contribution is -0.136.